The molecule has 0 aromatic heterocycles. The van der Waals surface area contributed by atoms with Gasteiger partial charge in [-0.25, -0.2) is 4.39 Å². The molecule has 0 radical (unpaired) electrons. The van der Waals surface area contributed by atoms with Gasteiger partial charge in [-0.1, -0.05) is 32.8 Å². The molecule has 0 N–H and O–H groups in total. The molecule has 2 rings (SSSR count). The Morgan fingerprint density at radius 1 is 1.19 bits per heavy atom. The van der Waals surface area contributed by atoms with E-state index in [0.29, 0.717) is 11.7 Å². The number of benzene rings is 1. The third-order valence-electron chi connectivity index (χ3n) is 4.87. The van der Waals surface area contributed by atoms with Gasteiger partial charge in [-0.3, -0.25) is 0 Å². The molecule has 0 spiro atoms. The Kier molecular flexibility index (Phi) is 6.08. The van der Waals surface area contributed by atoms with E-state index in [-0.39, 0.29) is 11.9 Å². The molecule has 0 aliphatic heterocycles. The predicted molar refractivity (Wildman–Crippen MR) is 86.4 cm³/mol. The van der Waals surface area contributed by atoms with E-state index < -0.39 is 0 Å². The number of hydrogen-bond acceptors (Lipinski definition) is 1. The molecule has 1 atom stereocenters. The molecule has 1 aromatic carbocycles. The molecule has 1 fully saturated rings. The Bertz CT molecular complexity index is 435. The first-order chi connectivity index (χ1) is 10.1. The SMILES string of the molecule is CCCC(C)Oc1ccc([C@H]2CC[C@H](CC)CC2)cc1F. The van der Waals surface area contributed by atoms with Crippen molar-refractivity contribution < 1.29 is 9.13 Å². The first-order valence-electron chi connectivity index (χ1n) is 8.60. The summed E-state index contributed by atoms with van der Waals surface area (Å²) in [4.78, 5) is 0. The molecule has 1 aliphatic carbocycles. The Labute approximate surface area is 128 Å². The van der Waals surface area contributed by atoms with E-state index in [9.17, 15) is 4.39 Å². The van der Waals surface area contributed by atoms with Crippen LogP contribution in [0.5, 0.6) is 5.75 Å². The highest BCUT2D eigenvalue weighted by atomic mass is 19.1. The first kappa shape index (κ1) is 16.3. The van der Waals surface area contributed by atoms with E-state index in [4.69, 9.17) is 4.74 Å². The Morgan fingerprint density at radius 2 is 1.90 bits per heavy atom. The van der Waals surface area contributed by atoms with Gasteiger partial charge in [0, 0.05) is 0 Å². The number of ether oxygens (including phenoxy) is 1. The van der Waals surface area contributed by atoms with Gasteiger partial charge < -0.3 is 4.74 Å². The van der Waals surface area contributed by atoms with Crippen molar-refractivity contribution in [1.82, 2.24) is 0 Å². The fraction of sp³-hybridized carbons (Fsp3) is 0.684. The van der Waals surface area contributed by atoms with Gasteiger partial charge >= 0.3 is 0 Å². The highest BCUT2D eigenvalue weighted by Crippen LogP contribution is 2.38. The van der Waals surface area contributed by atoms with E-state index in [2.05, 4.69) is 19.9 Å². The highest BCUT2D eigenvalue weighted by molar-refractivity contribution is 5.31. The van der Waals surface area contributed by atoms with Crippen molar-refractivity contribution in [3.63, 3.8) is 0 Å². The van der Waals surface area contributed by atoms with Gasteiger partial charge in [-0.15, -0.1) is 0 Å². The average molecular weight is 292 g/mol. The van der Waals surface area contributed by atoms with Crippen molar-refractivity contribution >= 4 is 0 Å². The Morgan fingerprint density at radius 3 is 2.48 bits per heavy atom. The van der Waals surface area contributed by atoms with Crippen LogP contribution in [0, 0.1) is 11.7 Å². The van der Waals surface area contributed by atoms with Crippen LogP contribution in [-0.2, 0) is 0 Å². The summed E-state index contributed by atoms with van der Waals surface area (Å²) in [5, 5.41) is 0. The van der Waals surface area contributed by atoms with Crippen LogP contribution in [0.25, 0.3) is 0 Å². The van der Waals surface area contributed by atoms with Crippen molar-refractivity contribution in [2.75, 3.05) is 0 Å². The number of halogens is 1. The van der Waals surface area contributed by atoms with Crippen LogP contribution < -0.4 is 4.74 Å². The van der Waals surface area contributed by atoms with Crippen LogP contribution in [0.4, 0.5) is 4.39 Å². The zero-order valence-electron chi connectivity index (χ0n) is 13.7. The Hall–Kier alpha value is -1.05. The van der Waals surface area contributed by atoms with Crippen LogP contribution in [0.3, 0.4) is 0 Å². The van der Waals surface area contributed by atoms with Gasteiger partial charge in [-0.2, -0.15) is 0 Å². The maximum Gasteiger partial charge on any atom is 0.165 e. The molecule has 1 aliphatic rings. The predicted octanol–water partition coefficient (Wildman–Crippen LogP) is 6.08. The lowest BCUT2D eigenvalue weighted by molar-refractivity contribution is 0.200. The van der Waals surface area contributed by atoms with Gasteiger partial charge in [0.2, 0.25) is 0 Å². The van der Waals surface area contributed by atoms with E-state index in [1.54, 1.807) is 6.07 Å². The molecule has 1 saturated carbocycles. The standard InChI is InChI=1S/C19H29FO/c1-4-6-14(3)21-19-12-11-17(13-18(19)20)16-9-7-15(5-2)8-10-16/h11-16H,4-10H2,1-3H3/t14?,15-,16-. The van der Waals surface area contributed by atoms with Gasteiger partial charge in [0.1, 0.15) is 0 Å². The van der Waals surface area contributed by atoms with E-state index >= 15 is 0 Å². The lowest BCUT2D eigenvalue weighted by atomic mass is 9.78. The molecular formula is C19H29FO. The lowest BCUT2D eigenvalue weighted by Gasteiger charge is -2.28. The minimum Gasteiger partial charge on any atom is -0.488 e. The molecular weight excluding hydrogens is 263 g/mol. The van der Waals surface area contributed by atoms with Gasteiger partial charge in [0.25, 0.3) is 0 Å². The zero-order chi connectivity index (χ0) is 15.2. The van der Waals surface area contributed by atoms with E-state index in [0.717, 1.165) is 24.3 Å². The summed E-state index contributed by atoms with van der Waals surface area (Å²) in [5.41, 5.74) is 1.15. The summed E-state index contributed by atoms with van der Waals surface area (Å²) in [5.74, 6) is 1.61. The van der Waals surface area contributed by atoms with Crippen molar-refractivity contribution in [3.05, 3.63) is 29.6 Å². The summed E-state index contributed by atoms with van der Waals surface area (Å²) in [6.07, 6.45) is 8.35. The fourth-order valence-electron chi connectivity index (χ4n) is 3.45. The van der Waals surface area contributed by atoms with Crippen LogP contribution >= 0.6 is 0 Å². The maximum absolute atomic E-state index is 14.2. The summed E-state index contributed by atoms with van der Waals surface area (Å²) >= 11 is 0. The lowest BCUT2D eigenvalue weighted by Crippen LogP contribution is -2.14. The molecule has 0 heterocycles. The smallest absolute Gasteiger partial charge is 0.165 e. The molecule has 2 heteroatoms. The van der Waals surface area contributed by atoms with Crippen molar-refractivity contribution in [2.45, 2.75) is 77.7 Å². The largest absolute Gasteiger partial charge is 0.488 e. The van der Waals surface area contributed by atoms with Crippen LogP contribution in [0.15, 0.2) is 18.2 Å². The summed E-state index contributed by atoms with van der Waals surface area (Å²) in [7, 11) is 0. The topological polar surface area (TPSA) is 9.23 Å². The minimum atomic E-state index is -0.201. The quantitative estimate of drug-likeness (QED) is 0.617. The van der Waals surface area contributed by atoms with Crippen molar-refractivity contribution in [3.8, 4) is 5.75 Å². The summed E-state index contributed by atoms with van der Waals surface area (Å²) in [6, 6.07) is 5.59. The summed E-state index contributed by atoms with van der Waals surface area (Å²) in [6.45, 7) is 6.39. The first-order valence-corrected chi connectivity index (χ1v) is 8.60. The average Bonchev–Trinajstić information content (AvgIpc) is 2.50. The van der Waals surface area contributed by atoms with E-state index in [1.807, 2.05) is 13.0 Å². The third kappa shape index (κ3) is 4.46. The van der Waals surface area contributed by atoms with Gasteiger partial charge in [0.05, 0.1) is 6.10 Å². The van der Waals surface area contributed by atoms with Crippen LogP contribution in [-0.4, -0.2) is 6.10 Å². The molecule has 1 nitrogen and oxygen atoms in total. The number of hydrogen-bond donors (Lipinski definition) is 0. The van der Waals surface area contributed by atoms with Crippen LogP contribution in [0.2, 0.25) is 0 Å². The molecule has 0 bridgehead atoms. The molecule has 1 unspecified atom stereocenters. The molecule has 0 amide bonds. The fourth-order valence-corrected chi connectivity index (χ4v) is 3.45. The second-order valence-electron chi connectivity index (χ2n) is 6.53. The third-order valence-corrected chi connectivity index (χ3v) is 4.87. The monoisotopic (exact) mass is 292 g/mol. The molecule has 0 saturated heterocycles. The molecule has 1 aromatic rings. The van der Waals surface area contributed by atoms with Crippen LogP contribution in [0.1, 0.15) is 77.2 Å². The van der Waals surface area contributed by atoms with Gasteiger partial charge in [0.15, 0.2) is 11.6 Å². The Balaban J connectivity index is 1.99. The highest BCUT2D eigenvalue weighted by Gasteiger charge is 2.22. The number of rotatable bonds is 6. The normalized spacial score (nSPS) is 23.8. The van der Waals surface area contributed by atoms with Crippen molar-refractivity contribution in [1.29, 1.82) is 0 Å². The maximum atomic E-state index is 14.2. The minimum absolute atomic E-state index is 0.0790. The zero-order valence-corrected chi connectivity index (χ0v) is 13.7. The molecule has 21 heavy (non-hydrogen) atoms. The van der Waals surface area contributed by atoms with E-state index in [1.165, 1.54) is 32.1 Å². The second kappa shape index (κ2) is 7.82. The molecule has 118 valence electrons. The van der Waals surface area contributed by atoms with Gasteiger partial charge in [-0.05, 0) is 68.6 Å². The van der Waals surface area contributed by atoms with Crippen molar-refractivity contribution in [2.24, 2.45) is 5.92 Å². The second-order valence-corrected chi connectivity index (χ2v) is 6.53. The summed E-state index contributed by atoms with van der Waals surface area (Å²) < 4.78 is 19.9.